The van der Waals surface area contributed by atoms with Gasteiger partial charge in [0.05, 0.1) is 14.1 Å². The smallest absolute Gasteiger partial charge is 0.328 e. The summed E-state index contributed by atoms with van der Waals surface area (Å²) in [5, 5.41) is 11.6. The third-order valence-corrected chi connectivity index (χ3v) is 13.5. The second kappa shape index (κ2) is 40.5. The molecular formula is C30H65N2O3S6+. The monoisotopic (exact) mass is 693 g/mol. The summed E-state index contributed by atoms with van der Waals surface area (Å²) in [6, 6.07) is 0. The first-order chi connectivity index (χ1) is 19.1. The summed E-state index contributed by atoms with van der Waals surface area (Å²) in [6.45, 7) is 25.4. The van der Waals surface area contributed by atoms with Crippen molar-refractivity contribution in [3.05, 3.63) is 11.6 Å². The number of carboxylic acids is 1. The minimum atomic E-state index is -0.846. The van der Waals surface area contributed by atoms with E-state index < -0.39 is 5.97 Å². The molecular weight excluding hydrogens is 629 g/mol. The Morgan fingerprint density at radius 1 is 0.878 bits per heavy atom. The second-order valence-electron chi connectivity index (χ2n) is 9.43. The third kappa shape index (κ3) is 64.5. The number of carbonyl (C=O) groups excluding carboxylic acids is 1. The molecule has 0 bridgehead atoms. The van der Waals surface area contributed by atoms with Gasteiger partial charge in [0, 0.05) is 46.0 Å². The van der Waals surface area contributed by atoms with Gasteiger partial charge in [-0.2, -0.15) is 0 Å². The van der Waals surface area contributed by atoms with Crippen LogP contribution in [-0.4, -0.2) is 75.0 Å². The number of nitrogens with zero attached hydrogens (tertiary/aromatic N) is 1. The maximum atomic E-state index is 10.2. The average molecular weight is 694 g/mol. The van der Waals surface area contributed by atoms with E-state index in [4.69, 9.17) is 5.11 Å². The molecule has 0 saturated carbocycles. The molecule has 1 atom stereocenters. The van der Waals surface area contributed by atoms with E-state index in [1.54, 1.807) is 10.9 Å². The van der Waals surface area contributed by atoms with Crippen LogP contribution < -0.4 is 5.32 Å². The molecule has 0 saturated heterocycles. The number of carbonyl (C=O) groups is 2. The molecule has 5 nitrogen and oxygen atoms in total. The van der Waals surface area contributed by atoms with Crippen LogP contribution in [0.25, 0.3) is 0 Å². The first-order valence-corrected chi connectivity index (χ1v) is 21.8. The fraction of sp³-hybridized carbons (Fsp3) is 0.833. The van der Waals surface area contributed by atoms with Gasteiger partial charge in [-0.15, -0.1) is 0 Å². The van der Waals surface area contributed by atoms with Gasteiger partial charge in [0.1, 0.15) is 0 Å². The first-order valence-electron chi connectivity index (χ1n) is 14.6. The Hall–Kier alpha value is 0.450. The third-order valence-electron chi connectivity index (χ3n) is 4.21. The summed E-state index contributed by atoms with van der Waals surface area (Å²) >= 11 is 0. The Balaban J connectivity index is -0.000000132. The number of rotatable bonds is 16. The summed E-state index contributed by atoms with van der Waals surface area (Å²) in [5.41, 5.74) is 0.935. The maximum absolute atomic E-state index is 10.2. The van der Waals surface area contributed by atoms with Crippen molar-refractivity contribution in [1.82, 2.24) is 5.32 Å². The number of nitrogens with one attached hydrogen (secondary N) is 1. The quantitative estimate of drug-likeness (QED) is 0.0410. The van der Waals surface area contributed by atoms with E-state index in [1.807, 2.05) is 92.7 Å². The Morgan fingerprint density at radius 2 is 1.41 bits per heavy atom. The van der Waals surface area contributed by atoms with Crippen LogP contribution in [0.3, 0.4) is 0 Å². The van der Waals surface area contributed by atoms with Gasteiger partial charge >= 0.3 is 11.9 Å². The van der Waals surface area contributed by atoms with Crippen LogP contribution in [0.15, 0.2) is 11.6 Å². The van der Waals surface area contributed by atoms with Crippen LogP contribution in [0.2, 0.25) is 0 Å². The van der Waals surface area contributed by atoms with Crippen molar-refractivity contribution >= 4 is 83.0 Å². The standard InChI is InChI=1S/C7H12O2.C7H16S2.C6H14S2.C5H10N2O.C5H12S2/c1-3-4-6(2)5-7(8)9;1-5-7(3,4)9-8-6-2;1-4-6(3)8-7-5-2;1-5(8)6-4-7(2)3;1-3-5-7-6-4-2/h5H,3-4H2,1-2H3,(H,8,9);5-6H2,1-4H3;6H,4-5H2,1-3H3;4H,1-3H3;3-5H2,1-2H3/p+1. The molecule has 0 spiro atoms. The van der Waals surface area contributed by atoms with Crippen molar-refractivity contribution in [2.24, 2.45) is 0 Å². The highest BCUT2D eigenvalue weighted by Gasteiger charge is 2.14. The van der Waals surface area contributed by atoms with Crippen molar-refractivity contribution in [3.63, 3.8) is 0 Å². The van der Waals surface area contributed by atoms with Gasteiger partial charge in [-0.05, 0) is 46.5 Å². The van der Waals surface area contributed by atoms with Gasteiger partial charge in [0.15, 0.2) is 0 Å². The number of carboxylic acid groups (broad SMARTS) is 1. The molecule has 41 heavy (non-hydrogen) atoms. The predicted octanol–water partition coefficient (Wildman–Crippen LogP) is 10.8. The summed E-state index contributed by atoms with van der Waals surface area (Å²) in [5.74, 6) is 4.10. The van der Waals surface area contributed by atoms with Crippen LogP contribution in [0.5, 0.6) is 0 Å². The van der Waals surface area contributed by atoms with E-state index in [-0.39, 0.29) is 5.91 Å². The Kier molecular flexibility index (Phi) is 50.4. The molecule has 1 unspecified atom stereocenters. The van der Waals surface area contributed by atoms with Crippen LogP contribution in [0.1, 0.15) is 115 Å². The van der Waals surface area contributed by atoms with E-state index in [0.29, 0.717) is 4.75 Å². The highest BCUT2D eigenvalue weighted by molar-refractivity contribution is 8.77. The molecule has 248 valence electrons. The average Bonchev–Trinajstić information content (AvgIpc) is 2.91. The number of amides is 1. The lowest BCUT2D eigenvalue weighted by molar-refractivity contribution is -0.461. The fourth-order valence-electron chi connectivity index (χ4n) is 1.65. The van der Waals surface area contributed by atoms with Crippen LogP contribution >= 0.6 is 64.8 Å². The molecule has 0 aromatic carbocycles. The van der Waals surface area contributed by atoms with E-state index in [1.165, 1.54) is 55.3 Å². The fourth-order valence-corrected chi connectivity index (χ4v) is 7.69. The lowest BCUT2D eigenvalue weighted by atomic mass is 10.1. The van der Waals surface area contributed by atoms with Crippen molar-refractivity contribution < 1.29 is 19.3 Å². The molecule has 0 aromatic rings. The number of aliphatic carboxylic acids is 1. The molecule has 0 aliphatic rings. The zero-order valence-corrected chi connectivity index (χ0v) is 33.7. The molecule has 11 heteroatoms. The second-order valence-corrected chi connectivity index (χ2v) is 18.7. The zero-order chi connectivity index (χ0) is 33.1. The number of hydrogen-bond donors (Lipinski definition) is 2. The SMILES string of the molecule is CC(=O)NC=[N+](C)C.CCCC(C)=CC(=O)O.CCCSSCC.CCSSC(C)(C)CC.CCSSC(C)CC. The van der Waals surface area contributed by atoms with Gasteiger partial charge < -0.3 is 5.11 Å². The minimum Gasteiger partial charge on any atom is -0.478 e. The lowest BCUT2D eigenvalue weighted by Gasteiger charge is -2.19. The summed E-state index contributed by atoms with van der Waals surface area (Å²) in [7, 11) is 15.5. The highest BCUT2D eigenvalue weighted by atomic mass is 33.1. The van der Waals surface area contributed by atoms with Gasteiger partial charge in [-0.1, -0.05) is 132 Å². The first kappa shape index (κ1) is 51.0. The Morgan fingerprint density at radius 3 is 1.73 bits per heavy atom. The summed E-state index contributed by atoms with van der Waals surface area (Å²) < 4.78 is 2.24. The van der Waals surface area contributed by atoms with Gasteiger partial charge in [-0.25, -0.2) is 14.9 Å². The van der Waals surface area contributed by atoms with Crippen molar-refractivity contribution in [2.45, 2.75) is 125 Å². The van der Waals surface area contributed by atoms with Crippen molar-refractivity contribution in [3.8, 4) is 0 Å². The molecule has 0 heterocycles. The summed E-state index contributed by atoms with van der Waals surface area (Å²) in [6.07, 6.45) is 8.59. The molecule has 0 aromatic heterocycles. The van der Waals surface area contributed by atoms with Gasteiger partial charge in [0.25, 0.3) is 0 Å². The van der Waals surface area contributed by atoms with Crippen LogP contribution in [0, 0.1) is 0 Å². The highest BCUT2D eigenvalue weighted by Crippen LogP contribution is 2.37. The largest absolute Gasteiger partial charge is 0.478 e. The maximum Gasteiger partial charge on any atom is 0.328 e. The lowest BCUT2D eigenvalue weighted by Crippen LogP contribution is -2.22. The Bertz CT molecular complexity index is 625. The van der Waals surface area contributed by atoms with Gasteiger partial charge in [0.2, 0.25) is 6.34 Å². The molecule has 0 aliphatic heterocycles. The van der Waals surface area contributed by atoms with E-state index in [0.717, 1.165) is 23.7 Å². The molecule has 2 N–H and O–H groups in total. The molecule has 0 aliphatic carbocycles. The molecule has 0 rings (SSSR count). The zero-order valence-electron chi connectivity index (χ0n) is 28.8. The van der Waals surface area contributed by atoms with E-state index in [2.05, 4.69) is 67.6 Å². The minimum absolute atomic E-state index is 0.0429. The molecule has 1 amide bonds. The van der Waals surface area contributed by atoms with E-state index >= 15 is 0 Å². The molecule has 0 radical (unpaired) electrons. The van der Waals surface area contributed by atoms with Gasteiger partial charge in [-0.3, -0.25) is 4.58 Å². The van der Waals surface area contributed by atoms with Crippen molar-refractivity contribution in [2.75, 3.05) is 37.1 Å². The topological polar surface area (TPSA) is 69.4 Å². The molecule has 0 fully saturated rings. The van der Waals surface area contributed by atoms with Crippen LogP contribution in [-0.2, 0) is 9.59 Å². The van der Waals surface area contributed by atoms with E-state index in [9.17, 15) is 9.59 Å². The Labute approximate surface area is 279 Å². The predicted molar refractivity (Wildman–Crippen MR) is 205 cm³/mol. The normalized spacial score (nSPS) is 11.0. The number of allylic oxidation sites excluding steroid dienone is 1. The van der Waals surface area contributed by atoms with Crippen molar-refractivity contribution in [1.29, 1.82) is 0 Å². The van der Waals surface area contributed by atoms with Crippen LogP contribution in [0.4, 0.5) is 0 Å². The summed E-state index contributed by atoms with van der Waals surface area (Å²) in [4.78, 5) is 20.2. The number of hydrogen-bond acceptors (Lipinski definition) is 8.